The molecule has 0 aliphatic carbocycles. The third kappa shape index (κ3) is 7.89. The number of benzene rings is 1. The molecule has 1 saturated heterocycles. The van der Waals surface area contributed by atoms with Crippen LogP contribution in [0.25, 0.3) is 0 Å². The molecule has 0 spiro atoms. The second-order valence-electron chi connectivity index (χ2n) is 9.75. The fourth-order valence-corrected chi connectivity index (χ4v) is 5.45. The van der Waals surface area contributed by atoms with Gasteiger partial charge in [-0.3, -0.25) is 28.7 Å². The van der Waals surface area contributed by atoms with Gasteiger partial charge in [-0.25, -0.2) is 13.8 Å². The average Bonchev–Trinajstić information content (AvgIpc) is 3.11. The Kier molecular flexibility index (Phi) is 10.3. The van der Waals surface area contributed by atoms with E-state index in [0.29, 0.717) is 5.69 Å². The van der Waals surface area contributed by atoms with Crippen molar-refractivity contribution >= 4 is 25.6 Å². The van der Waals surface area contributed by atoms with Gasteiger partial charge < -0.3 is 19.1 Å². The molecule has 1 aliphatic heterocycles. The highest BCUT2D eigenvalue weighted by Gasteiger charge is 2.56. The molecule has 0 bridgehead atoms. The van der Waals surface area contributed by atoms with E-state index in [9.17, 15) is 24.1 Å². The number of anilines is 1. The summed E-state index contributed by atoms with van der Waals surface area (Å²) in [7, 11) is -2.67. The van der Waals surface area contributed by atoms with Crippen molar-refractivity contribution in [1.29, 1.82) is 0 Å². The van der Waals surface area contributed by atoms with Gasteiger partial charge in [0.25, 0.3) is 5.56 Å². The van der Waals surface area contributed by atoms with Crippen LogP contribution in [-0.2, 0) is 23.4 Å². The van der Waals surface area contributed by atoms with Crippen LogP contribution in [0.4, 0.5) is 10.1 Å². The summed E-state index contributed by atoms with van der Waals surface area (Å²) in [5.41, 5.74) is -3.46. The fourth-order valence-electron chi connectivity index (χ4n) is 3.95. The molecule has 6 unspecified atom stereocenters. The standard InChI is InChI=1S/C25H35FN5O9P/c1-7-27-30(6)17-8-10-18(11-9-17)40-41(36,29-16(4)22(34)38-15(2)3)37-14-19-21(33)25(5,26)23(39-19)31-13-12-20(32)28-24(31)35/h7-13,15-16,19,21,23,33H,14H2,1-6H3,(H,29,36)(H,28,32,35). The van der Waals surface area contributed by atoms with Crippen LogP contribution in [0.15, 0.2) is 51.2 Å². The molecule has 2 heterocycles. The number of hydrogen-bond donors (Lipinski definition) is 3. The first-order valence-electron chi connectivity index (χ1n) is 12.8. The Morgan fingerprint density at radius 3 is 2.56 bits per heavy atom. The first-order valence-corrected chi connectivity index (χ1v) is 14.3. The number of carbonyl (C=O) groups excluding carboxylic acids is 1. The monoisotopic (exact) mass is 599 g/mol. The van der Waals surface area contributed by atoms with Gasteiger partial charge in [-0.15, -0.1) is 0 Å². The van der Waals surface area contributed by atoms with Gasteiger partial charge in [0, 0.05) is 25.5 Å². The Hall–Kier alpha value is -3.36. The summed E-state index contributed by atoms with van der Waals surface area (Å²) in [6, 6.07) is 6.15. The Labute approximate surface area is 235 Å². The summed E-state index contributed by atoms with van der Waals surface area (Å²) < 4.78 is 52.1. The molecule has 0 amide bonds. The van der Waals surface area contributed by atoms with E-state index >= 15 is 4.39 Å². The Morgan fingerprint density at radius 1 is 1.32 bits per heavy atom. The Balaban J connectivity index is 1.83. The minimum atomic E-state index is -4.40. The maximum Gasteiger partial charge on any atom is 0.459 e. The number of halogens is 1. The molecule has 1 aromatic heterocycles. The Morgan fingerprint density at radius 2 is 1.98 bits per heavy atom. The molecule has 2 aromatic rings. The second-order valence-corrected chi connectivity index (χ2v) is 11.4. The van der Waals surface area contributed by atoms with Gasteiger partial charge in [0.2, 0.25) is 0 Å². The van der Waals surface area contributed by atoms with Gasteiger partial charge in [-0.1, -0.05) is 0 Å². The zero-order valence-electron chi connectivity index (χ0n) is 23.5. The molecule has 3 N–H and O–H groups in total. The first-order chi connectivity index (χ1) is 19.2. The smallest absolute Gasteiger partial charge is 0.459 e. The number of H-pyrrole nitrogens is 1. The highest BCUT2D eigenvalue weighted by molar-refractivity contribution is 7.52. The number of nitrogens with zero attached hydrogens (tertiary/aromatic N) is 3. The third-order valence-electron chi connectivity index (χ3n) is 6.01. The lowest BCUT2D eigenvalue weighted by atomic mass is 9.98. The van der Waals surface area contributed by atoms with Crippen LogP contribution >= 0.6 is 7.75 Å². The average molecular weight is 600 g/mol. The number of aliphatic hydroxyl groups excluding tert-OH is 1. The van der Waals surface area contributed by atoms with E-state index in [1.165, 1.54) is 19.1 Å². The zero-order chi connectivity index (χ0) is 30.5. The van der Waals surface area contributed by atoms with E-state index in [4.69, 9.17) is 18.5 Å². The fraction of sp³-hybridized carbons (Fsp3) is 0.520. The number of carbonyl (C=O) groups is 1. The molecule has 0 radical (unpaired) electrons. The molecule has 0 saturated carbocycles. The van der Waals surface area contributed by atoms with Crippen molar-refractivity contribution in [1.82, 2.24) is 14.6 Å². The van der Waals surface area contributed by atoms with Crippen LogP contribution in [0.5, 0.6) is 5.75 Å². The largest absolute Gasteiger partial charge is 0.462 e. The van der Waals surface area contributed by atoms with Gasteiger partial charge in [0.1, 0.15) is 24.0 Å². The van der Waals surface area contributed by atoms with Gasteiger partial charge in [-0.2, -0.15) is 10.2 Å². The molecule has 1 fully saturated rings. The summed E-state index contributed by atoms with van der Waals surface area (Å²) in [6.07, 6.45) is -2.71. The van der Waals surface area contributed by atoms with Crippen molar-refractivity contribution in [3.05, 3.63) is 57.4 Å². The van der Waals surface area contributed by atoms with Gasteiger partial charge in [-0.05, 0) is 58.9 Å². The highest BCUT2D eigenvalue weighted by Crippen LogP contribution is 2.47. The summed E-state index contributed by atoms with van der Waals surface area (Å²) in [5.74, 6) is -0.628. The van der Waals surface area contributed by atoms with E-state index < -0.39 is 67.8 Å². The maximum absolute atomic E-state index is 15.6. The molecular formula is C25H35FN5O9P. The van der Waals surface area contributed by atoms with Crippen LogP contribution in [0.2, 0.25) is 0 Å². The lowest BCUT2D eigenvalue weighted by Gasteiger charge is -2.25. The minimum absolute atomic E-state index is 0.101. The number of alkyl halides is 1. The number of rotatable bonds is 12. The molecule has 14 nitrogen and oxygen atoms in total. The molecule has 226 valence electrons. The predicted molar refractivity (Wildman–Crippen MR) is 148 cm³/mol. The number of hydrazone groups is 1. The highest BCUT2D eigenvalue weighted by atomic mass is 31.2. The van der Waals surface area contributed by atoms with Crippen LogP contribution in [0, 0.1) is 0 Å². The lowest BCUT2D eigenvalue weighted by molar-refractivity contribution is -0.149. The van der Waals surface area contributed by atoms with Crippen LogP contribution in [0.1, 0.15) is 40.8 Å². The molecule has 6 atom stereocenters. The summed E-state index contributed by atoms with van der Waals surface area (Å²) in [4.78, 5) is 38.1. The van der Waals surface area contributed by atoms with Crippen molar-refractivity contribution in [3.8, 4) is 5.75 Å². The van der Waals surface area contributed by atoms with E-state index in [0.717, 1.165) is 23.8 Å². The number of aromatic amines is 1. The SMILES string of the molecule is CC=NN(C)c1ccc(OP(=O)(NC(C)C(=O)OC(C)C)OCC2OC(n3ccc(=O)[nH]c3=O)C(C)(F)C2O)cc1. The minimum Gasteiger partial charge on any atom is -0.462 e. The molecule has 41 heavy (non-hydrogen) atoms. The molecule has 16 heteroatoms. The third-order valence-corrected chi connectivity index (χ3v) is 7.66. The summed E-state index contributed by atoms with van der Waals surface area (Å²) >= 11 is 0. The van der Waals surface area contributed by atoms with E-state index in [1.54, 1.807) is 51.2 Å². The van der Waals surface area contributed by atoms with Gasteiger partial charge >= 0.3 is 19.4 Å². The summed E-state index contributed by atoms with van der Waals surface area (Å²) in [5, 5.41) is 18.9. The topological polar surface area (TPSA) is 174 Å². The molecular weight excluding hydrogens is 564 g/mol. The normalized spacial score (nSPS) is 24.8. The summed E-state index contributed by atoms with van der Waals surface area (Å²) in [6.45, 7) is 6.79. The van der Waals surface area contributed by atoms with Gasteiger partial charge in [0.05, 0.1) is 18.4 Å². The van der Waals surface area contributed by atoms with Crippen LogP contribution < -0.4 is 25.9 Å². The van der Waals surface area contributed by atoms with E-state index in [1.807, 2.05) is 4.98 Å². The Bertz CT molecular complexity index is 1390. The number of aliphatic hydroxyl groups is 1. The number of ether oxygens (including phenoxy) is 2. The molecule has 1 aliphatic rings. The molecule has 3 rings (SSSR count). The lowest BCUT2D eigenvalue weighted by Crippen LogP contribution is -2.43. The number of hydrogen-bond acceptors (Lipinski definition) is 11. The zero-order valence-corrected chi connectivity index (χ0v) is 24.4. The first kappa shape index (κ1) is 32.2. The second kappa shape index (κ2) is 13.1. The number of esters is 1. The van der Waals surface area contributed by atoms with Crippen molar-refractivity contribution in [3.63, 3.8) is 0 Å². The predicted octanol–water partition coefficient (Wildman–Crippen LogP) is 2.10. The number of nitrogens with one attached hydrogen (secondary N) is 2. The molecule has 1 aromatic carbocycles. The van der Waals surface area contributed by atoms with Crippen LogP contribution in [-0.4, -0.2) is 70.5 Å². The van der Waals surface area contributed by atoms with E-state index in [-0.39, 0.29) is 5.75 Å². The van der Waals surface area contributed by atoms with Crippen molar-refractivity contribution in [2.24, 2.45) is 5.10 Å². The number of aromatic nitrogens is 2. The van der Waals surface area contributed by atoms with E-state index in [2.05, 4.69) is 10.2 Å². The quantitative estimate of drug-likeness (QED) is 0.141. The van der Waals surface area contributed by atoms with Gasteiger partial charge in [0.15, 0.2) is 11.9 Å². The van der Waals surface area contributed by atoms with Crippen molar-refractivity contribution in [2.45, 2.75) is 70.9 Å². The van der Waals surface area contributed by atoms with Crippen molar-refractivity contribution < 1.29 is 37.4 Å². The van der Waals surface area contributed by atoms with Crippen molar-refractivity contribution in [2.75, 3.05) is 18.7 Å². The van der Waals surface area contributed by atoms with Crippen LogP contribution in [0.3, 0.4) is 0 Å². The maximum atomic E-state index is 15.6.